The van der Waals surface area contributed by atoms with Crippen LogP contribution in [0.15, 0.2) is 48.8 Å². The van der Waals surface area contributed by atoms with Gasteiger partial charge in [-0.2, -0.15) is 5.26 Å². The molecule has 0 saturated heterocycles. The maximum Gasteiger partial charge on any atom is 0.293 e. The van der Waals surface area contributed by atoms with Gasteiger partial charge in [-0.1, -0.05) is 12.1 Å². The van der Waals surface area contributed by atoms with E-state index in [2.05, 4.69) is 14.9 Å². The number of nitro benzene ring substituents is 1. The van der Waals surface area contributed by atoms with Crippen LogP contribution in [-0.4, -0.2) is 21.0 Å². The molecule has 7 nitrogen and oxygen atoms in total. The normalized spacial score (nSPS) is 10.5. The second-order valence-electron chi connectivity index (χ2n) is 5.31. The Balaban J connectivity index is 1.63. The van der Waals surface area contributed by atoms with Crippen LogP contribution in [0, 0.1) is 21.4 Å². The molecular weight excluding hydrogens is 306 g/mol. The van der Waals surface area contributed by atoms with E-state index in [1.165, 1.54) is 6.07 Å². The van der Waals surface area contributed by atoms with Gasteiger partial charge >= 0.3 is 0 Å². The first kappa shape index (κ1) is 15.5. The summed E-state index contributed by atoms with van der Waals surface area (Å²) in [5.41, 5.74) is 2.64. The Bertz CT molecular complexity index is 926. The van der Waals surface area contributed by atoms with Gasteiger partial charge in [-0.05, 0) is 30.7 Å². The summed E-state index contributed by atoms with van der Waals surface area (Å²) in [6, 6.07) is 14.2. The third-order valence-corrected chi connectivity index (χ3v) is 3.74. The van der Waals surface area contributed by atoms with E-state index in [0.717, 1.165) is 24.0 Å². The van der Waals surface area contributed by atoms with Crippen LogP contribution in [0.4, 0.5) is 11.4 Å². The number of aryl methyl sites for hydroxylation is 1. The van der Waals surface area contributed by atoms with Gasteiger partial charge in [0.1, 0.15) is 5.69 Å². The number of nitrogens with zero attached hydrogens (tertiary/aromatic N) is 4. The molecule has 120 valence electrons. The number of rotatable bonds is 6. The molecule has 0 spiro atoms. The smallest absolute Gasteiger partial charge is 0.293 e. The van der Waals surface area contributed by atoms with Crippen LogP contribution >= 0.6 is 0 Å². The maximum absolute atomic E-state index is 11.1. The van der Waals surface area contributed by atoms with Gasteiger partial charge in [-0.15, -0.1) is 0 Å². The summed E-state index contributed by atoms with van der Waals surface area (Å²) >= 11 is 0. The lowest BCUT2D eigenvalue weighted by atomic mass is 10.2. The lowest BCUT2D eigenvalue weighted by Crippen LogP contribution is -2.08. The quantitative estimate of drug-likeness (QED) is 0.427. The zero-order chi connectivity index (χ0) is 16.9. The largest absolute Gasteiger partial charge is 0.379 e. The SMILES string of the molecule is N#Cc1ccc(NCCCn2cnc3ccccc32)c([N+](=O)[O-])c1. The molecule has 0 bridgehead atoms. The highest BCUT2D eigenvalue weighted by atomic mass is 16.6. The fourth-order valence-corrected chi connectivity index (χ4v) is 2.56. The number of benzene rings is 2. The van der Waals surface area contributed by atoms with Crippen molar-refractivity contribution >= 4 is 22.4 Å². The average Bonchev–Trinajstić information content (AvgIpc) is 3.02. The van der Waals surface area contributed by atoms with Gasteiger partial charge in [0.05, 0.1) is 33.9 Å². The maximum atomic E-state index is 11.1. The van der Waals surface area contributed by atoms with Crippen LogP contribution in [-0.2, 0) is 6.54 Å². The summed E-state index contributed by atoms with van der Waals surface area (Å²) in [6.45, 7) is 1.34. The number of aromatic nitrogens is 2. The molecule has 1 aromatic heterocycles. The number of hydrogen-bond donors (Lipinski definition) is 1. The van der Waals surface area contributed by atoms with Gasteiger partial charge in [0.25, 0.3) is 5.69 Å². The van der Waals surface area contributed by atoms with Gasteiger partial charge in [-0.3, -0.25) is 10.1 Å². The fraction of sp³-hybridized carbons (Fsp3) is 0.176. The van der Waals surface area contributed by atoms with E-state index >= 15 is 0 Å². The van der Waals surface area contributed by atoms with Crippen LogP contribution in [0.3, 0.4) is 0 Å². The van der Waals surface area contributed by atoms with Crippen molar-refractivity contribution in [2.24, 2.45) is 0 Å². The Morgan fingerprint density at radius 2 is 2.12 bits per heavy atom. The molecule has 2 aromatic carbocycles. The van der Waals surface area contributed by atoms with Crippen LogP contribution < -0.4 is 5.32 Å². The van der Waals surface area contributed by atoms with Crippen LogP contribution in [0.25, 0.3) is 11.0 Å². The summed E-state index contributed by atoms with van der Waals surface area (Å²) in [6.07, 6.45) is 2.59. The predicted octanol–water partition coefficient (Wildman–Crippen LogP) is 3.32. The Morgan fingerprint density at radius 3 is 2.92 bits per heavy atom. The summed E-state index contributed by atoms with van der Waals surface area (Å²) < 4.78 is 2.06. The number of anilines is 1. The molecule has 0 fully saturated rings. The van der Waals surface area contributed by atoms with Crippen molar-refractivity contribution in [2.75, 3.05) is 11.9 Å². The highest BCUT2D eigenvalue weighted by Gasteiger charge is 2.14. The molecule has 0 amide bonds. The molecule has 0 atom stereocenters. The van der Waals surface area contributed by atoms with Crippen molar-refractivity contribution in [2.45, 2.75) is 13.0 Å². The monoisotopic (exact) mass is 321 g/mol. The van der Waals surface area contributed by atoms with E-state index in [4.69, 9.17) is 5.26 Å². The molecule has 0 radical (unpaired) electrons. The van der Waals surface area contributed by atoms with E-state index in [9.17, 15) is 10.1 Å². The number of hydrogen-bond acceptors (Lipinski definition) is 5. The zero-order valence-electron chi connectivity index (χ0n) is 12.8. The molecule has 7 heteroatoms. The molecule has 0 saturated carbocycles. The highest BCUT2D eigenvalue weighted by molar-refractivity contribution is 5.74. The fourth-order valence-electron chi connectivity index (χ4n) is 2.56. The van der Waals surface area contributed by atoms with Crippen LogP contribution in [0.1, 0.15) is 12.0 Å². The zero-order valence-corrected chi connectivity index (χ0v) is 12.8. The lowest BCUT2D eigenvalue weighted by Gasteiger charge is -2.08. The molecule has 0 aliphatic carbocycles. The first-order valence-electron chi connectivity index (χ1n) is 7.51. The topological polar surface area (TPSA) is 96.8 Å². The Labute approximate surface area is 138 Å². The standard InChI is InChI=1S/C17H15N5O2/c18-11-13-6-7-15(17(10-13)22(23)24)19-8-3-9-21-12-20-14-4-1-2-5-16(14)21/h1-2,4-7,10,12,19H,3,8-9H2. The first-order valence-corrected chi connectivity index (χ1v) is 7.51. The Morgan fingerprint density at radius 1 is 1.29 bits per heavy atom. The van der Waals surface area contributed by atoms with Crippen molar-refractivity contribution in [3.8, 4) is 6.07 Å². The molecule has 0 aliphatic rings. The summed E-state index contributed by atoms with van der Waals surface area (Å²) in [5, 5.41) is 23.0. The van der Waals surface area contributed by atoms with Crippen LogP contribution in [0.2, 0.25) is 0 Å². The third kappa shape index (κ3) is 3.17. The number of nitriles is 1. The van der Waals surface area contributed by atoms with Crippen molar-refractivity contribution in [3.63, 3.8) is 0 Å². The summed E-state index contributed by atoms with van der Waals surface area (Å²) in [7, 11) is 0. The predicted molar refractivity (Wildman–Crippen MR) is 90.7 cm³/mol. The second kappa shape index (κ2) is 6.79. The van der Waals surface area contributed by atoms with Gasteiger partial charge in [0.15, 0.2) is 0 Å². The molecule has 3 aromatic rings. The highest BCUT2D eigenvalue weighted by Crippen LogP contribution is 2.25. The van der Waals surface area contributed by atoms with E-state index < -0.39 is 4.92 Å². The minimum absolute atomic E-state index is 0.0814. The van der Waals surface area contributed by atoms with Crippen molar-refractivity contribution in [1.29, 1.82) is 5.26 Å². The molecule has 24 heavy (non-hydrogen) atoms. The molecule has 0 aliphatic heterocycles. The van der Waals surface area contributed by atoms with E-state index in [1.54, 1.807) is 18.5 Å². The number of fused-ring (bicyclic) bond motifs is 1. The van der Waals surface area contributed by atoms with Gasteiger partial charge < -0.3 is 9.88 Å². The molecule has 0 unspecified atom stereocenters. The average molecular weight is 321 g/mol. The van der Waals surface area contributed by atoms with Crippen LogP contribution in [0.5, 0.6) is 0 Å². The number of para-hydroxylation sites is 2. The Hall–Kier alpha value is -3.40. The van der Waals surface area contributed by atoms with Crippen molar-refractivity contribution in [1.82, 2.24) is 9.55 Å². The van der Waals surface area contributed by atoms with E-state index in [1.807, 2.05) is 30.3 Å². The van der Waals surface area contributed by atoms with Gasteiger partial charge in [0.2, 0.25) is 0 Å². The second-order valence-corrected chi connectivity index (χ2v) is 5.31. The molecule has 1 heterocycles. The molecule has 3 rings (SSSR count). The number of nitro groups is 1. The van der Waals surface area contributed by atoms with Gasteiger partial charge in [0, 0.05) is 19.2 Å². The third-order valence-electron chi connectivity index (χ3n) is 3.74. The van der Waals surface area contributed by atoms with Crippen molar-refractivity contribution < 1.29 is 4.92 Å². The summed E-state index contributed by atoms with van der Waals surface area (Å²) in [4.78, 5) is 15.0. The first-order chi connectivity index (χ1) is 11.7. The van der Waals surface area contributed by atoms with Gasteiger partial charge in [-0.25, -0.2) is 4.98 Å². The van der Waals surface area contributed by atoms with E-state index in [-0.39, 0.29) is 11.3 Å². The lowest BCUT2D eigenvalue weighted by molar-refractivity contribution is -0.384. The Kier molecular flexibility index (Phi) is 4.38. The minimum atomic E-state index is -0.480. The number of nitrogens with one attached hydrogen (secondary N) is 1. The molecular formula is C17H15N5O2. The minimum Gasteiger partial charge on any atom is -0.379 e. The molecule has 1 N–H and O–H groups in total. The summed E-state index contributed by atoms with van der Waals surface area (Å²) in [5.74, 6) is 0. The van der Waals surface area contributed by atoms with E-state index in [0.29, 0.717) is 12.2 Å². The number of imidazole rings is 1. The van der Waals surface area contributed by atoms with Crippen molar-refractivity contribution in [3.05, 3.63) is 64.5 Å².